The molecule has 0 spiro atoms. The van der Waals surface area contributed by atoms with E-state index in [9.17, 15) is 14.4 Å². The van der Waals surface area contributed by atoms with Crippen LogP contribution in [0.4, 0.5) is 0 Å². The molecule has 0 aromatic rings. The minimum atomic E-state index is -1.01. The van der Waals surface area contributed by atoms with Crippen LogP contribution < -0.4 is 5.32 Å². The number of aliphatic carboxylic acids is 1. The lowest BCUT2D eigenvalue weighted by Gasteiger charge is -2.36. The van der Waals surface area contributed by atoms with E-state index in [0.717, 1.165) is 6.04 Å². The highest BCUT2D eigenvalue weighted by atomic mass is 16.4. The SMILES string of the molecule is C/C(=C\[C@H](C(C)C)N(C)C(=O)[C@H](NC=O)C(C)(C)C)C(=O)O.CC(C)N1CCCCC1. The van der Waals surface area contributed by atoms with Crippen molar-refractivity contribution in [2.24, 2.45) is 11.3 Å². The second-order valence-corrected chi connectivity index (χ2v) is 10.1. The van der Waals surface area contributed by atoms with Crippen molar-refractivity contribution in [3.05, 3.63) is 11.6 Å². The lowest BCUT2D eigenvalue weighted by atomic mass is 9.85. The van der Waals surface area contributed by atoms with Crippen LogP contribution in [0.2, 0.25) is 0 Å². The number of carbonyl (C=O) groups excluding carboxylic acids is 2. The lowest BCUT2D eigenvalue weighted by Crippen LogP contribution is -2.54. The number of likely N-dealkylation sites (N-methyl/N-ethyl adjacent to an activating group) is 1. The molecule has 0 aromatic carbocycles. The van der Waals surface area contributed by atoms with E-state index < -0.39 is 17.4 Å². The van der Waals surface area contributed by atoms with Gasteiger partial charge in [-0.2, -0.15) is 0 Å². The van der Waals surface area contributed by atoms with Crippen LogP contribution in [0.1, 0.15) is 74.7 Å². The summed E-state index contributed by atoms with van der Waals surface area (Å²) in [7, 11) is 1.63. The summed E-state index contributed by atoms with van der Waals surface area (Å²) in [6, 6.07) is -0.262. The van der Waals surface area contributed by atoms with Gasteiger partial charge in [0.25, 0.3) is 0 Å². The first-order valence-corrected chi connectivity index (χ1v) is 11.4. The number of hydrogen-bond acceptors (Lipinski definition) is 4. The average molecular weight is 440 g/mol. The summed E-state index contributed by atoms with van der Waals surface area (Å²) in [5, 5.41) is 11.6. The Hall–Kier alpha value is -1.89. The molecule has 7 nitrogen and oxygen atoms in total. The number of carboxylic acid groups (broad SMARTS) is 1. The van der Waals surface area contributed by atoms with Crippen LogP contribution in [0.3, 0.4) is 0 Å². The third kappa shape index (κ3) is 10.3. The van der Waals surface area contributed by atoms with Gasteiger partial charge >= 0.3 is 5.97 Å². The van der Waals surface area contributed by atoms with Gasteiger partial charge in [-0.1, -0.05) is 47.1 Å². The van der Waals surface area contributed by atoms with Crippen molar-refractivity contribution in [1.82, 2.24) is 15.1 Å². The predicted molar refractivity (Wildman–Crippen MR) is 126 cm³/mol. The maximum atomic E-state index is 12.7. The van der Waals surface area contributed by atoms with Gasteiger partial charge in [-0.15, -0.1) is 0 Å². The number of carbonyl (C=O) groups is 3. The molecule has 1 rings (SSSR count). The summed E-state index contributed by atoms with van der Waals surface area (Å²) in [4.78, 5) is 38.6. The Labute approximate surface area is 189 Å². The summed E-state index contributed by atoms with van der Waals surface area (Å²) in [6.45, 7) is 18.2. The first-order valence-electron chi connectivity index (χ1n) is 11.4. The number of hydrogen-bond donors (Lipinski definition) is 2. The zero-order valence-electron chi connectivity index (χ0n) is 21.1. The molecule has 0 bridgehead atoms. The van der Waals surface area contributed by atoms with Crippen molar-refractivity contribution in [2.45, 2.75) is 92.8 Å². The van der Waals surface area contributed by atoms with E-state index in [1.165, 1.54) is 44.2 Å². The van der Waals surface area contributed by atoms with E-state index in [4.69, 9.17) is 5.11 Å². The van der Waals surface area contributed by atoms with Crippen LogP contribution in [0.5, 0.6) is 0 Å². The van der Waals surface area contributed by atoms with Crippen molar-refractivity contribution in [1.29, 1.82) is 0 Å². The van der Waals surface area contributed by atoms with Crippen molar-refractivity contribution in [2.75, 3.05) is 20.1 Å². The summed E-state index contributed by atoms with van der Waals surface area (Å²) in [5.74, 6) is -1.21. The summed E-state index contributed by atoms with van der Waals surface area (Å²) in [5.41, 5.74) is -0.256. The van der Waals surface area contributed by atoms with Gasteiger partial charge in [-0.05, 0) is 58.0 Å². The van der Waals surface area contributed by atoms with Gasteiger partial charge < -0.3 is 20.2 Å². The summed E-state index contributed by atoms with van der Waals surface area (Å²) >= 11 is 0. The zero-order chi connectivity index (χ0) is 24.4. The molecule has 31 heavy (non-hydrogen) atoms. The van der Waals surface area contributed by atoms with E-state index in [1.54, 1.807) is 13.1 Å². The Balaban J connectivity index is 0.000000823. The van der Waals surface area contributed by atoms with Gasteiger partial charge in [0, 0.05) is 18.7 Å². The number of nitrogens with one attached hydrogen (secondary N) is 1. The van der Waals surface area contributed by atoms with Gasteiger partial charge in [0.15, 0.2) is 0 Å². The van der Waals surface area contributed by atoms with Gasteiger partial charge in [-0.25, -0.2) is 4.79 Å². The number of amides is 2. The molecule has 2 atom stereocenters. The molecule has 0 radical (unpaired) electrons. The van der Waals surface area contributed by atoms with Gasteiger partial charge in [-0.3, -0.25) is 9.59 Å². The number of carboxylic acids is 1. The van der Waals surface area contributed by atoms with Crippen LogP contribution in [0.15, 0.2) is 11.6 Å². The molecule has 1 saturated heterocycles. The maximum absolute atomic E-state index is 12.7. The van der Waals surface area contributed by atoms with Gasteiger partial charge in [0.05, 0.1) is 6.04 Å². The van der Waals surface area contributed by atoms with E-state index in [1.807, 2.05) is 34.6 Å². The van der Waals surface area contributed by atoms with E-state index >= 15 is 0 Å². The Morgan fingerprint density at radius 2 is 1.58 bits per heavy atom. The zero-order valence-corrected chi connectivity index (χ0v) is 21.1. The summed E-state index contributed by atoms with van der Waals surface area (Å²) < 4.78 is 0. The van der Waals surface area contributed by atoms with Gasteiger partial charge in [0.1, 0.15) is 6.04 Å². The molecule has 1 aliphatic rings. The van der Waals surface area contributed by atoms with Crippen LogP contribution in [-0.4, -0.2) is 71.5 Å². The molecule has 2 N–H and O–H groups in total. The molecule has 7 heteroatoms. The fourth-order valence-electron chi connectivity index (χ4n) is 3.62. The number of nitrogens with zero attached hydrogens (tertiary/aromatic N) is 2. The molecule has 0 aromatic heterocycles. The van der Waals surface area contributed by atoms with Crippen molar-refractivity contribution >= 4 is 18.3 Å². The van der Waals surface area contributed by atoms with Crippen LogP contribution in [0, 0.1) is 11.3 Å². The fourth-order valence-corrected chi connectivity index (χ4v) is 3.62. The Kier molecular flexibility index (Phi) is 12.7. The number of likely N-dealkylation sites (tertiary alicyclic amines) is 1. The average Bonchev–Trinajstić information content (AvgIpc) is 2.68. The highest BCUT2D eigenvalue weighted by molar-refractivity contribution is 5.87. The molecule has 2 amide bonds. The van der Waals surface area contributed by atoms with Crippen LogP contribution in [-0.2, 0) is 14.4 Å². The molecule has 0 unspecified atom stereocenters. The number of piperidine rings is 1. The topological polar surface area (TPSA) is 90.0 Å². The molecule has 0 aliphatic carbocycles. The molecule has 1 aliphatic heterocycles. The van der Waals surface area contributed by atoms with Crippen molar-refractivity contribution < 1.29 is 19.5 Å². The largest absolute Gasteiger partial charge is 0.478 e. The second-order valence-electron chi connectivity index (χ2n) is 10.1. The quantitative estimate of drug-likeness (QED) is 0.446. The minimum absolute atomic E-state index is 0.0418. The second kappa shape index (κ2) is 13.5. The van der Waals surface area contributed by atoms with Gasteiger partial charge in [0.2, 0.25) is 12.3 Å². The monoisotopic (exact) mass is 439 g/mol. The van der Waals surface area contributed by atoms with Crippen molar-refractivity contribution in [3.63, 3.8) is 0 Å². The third-order valence-electron chi connectivity index (χ3n) is 5.70. The van der Waals surface area contributed by atoms with E-state index in [2.05, 4.69) is 24.1 Å². The molecular formula is C24H45N3O4. The maximum Gasteiger partial charge on any atom is 0.331 e. The summed E-state index contributed by atoms with van der Waals surface area (Å²) in [6.07, 6.45) is 6.37. The molecule has 180 valence electrons. The standard InChI is InChI=1S/C16H28N2O4.C8H17N/c1-10(2)12(8-11(3)15(21)22)18(7)14(20)13(17-9-19)16(4,5)6;1-8(2)9-6-4-3-5-7-9/h8-10,12-13H,1-7H3,(H,17,19)(H,21,22);8H,3-7H2,1-2H3/b11-8+;/t12-,13+;/m1./s1. The molecule has 0 saturated carbocycles. The number of rotatable bonds is 8. The normalized spacial score (nSPS) is 17.5. The molecule has 1 heterocycles. The highest BCUT2D eigenvalue weighted by Gasteiger charge is 2.35. The Morgan fingerprint density at radius 3 is 1.90 bits per heavy atom. The van der Waals surface area contributed by atoms with E-state index in [-0.39, 0.29) is 23.4 Å². The molecular weight excluding hydrogens is 394 g/mol. The fraction of sp³-hybridized carbons (Fsp3) is 0.792. The minimum Gasteiger partial charge on any atom is -0.478 e. The van der Waals surface area contributed by atoms with Crippen molar-refractivity contribution in [3.8, 4) is 0 Å². The highest BCUT2D eigenvalue weighted by Crippen LogP contribution is 2.23. The third-order valence-corrected chi connectivity index (χ3v) is 5.70. The Morgan fingerprint density at radius 1 is 1.06 bits per heavy atom. The van der Waals surface area contributed by atoms with Crippen LogP contribution >= 0.6 is 0 Å². The lowest BCUT2D eigenvalue weighted by molar-refractivity contribution is -0.138. The Bertz CT molecular complexity index is 602. The predicted octanol–water partition coefficient (Wildman–Crippen LogP) is 3.54. The smallest absolute Gasteiger partial charge is 0.331 e. The first kappa shape index (κ1) is 29.1. The van der Waals surface area contributed by atoms with E-state index in [0.29, 0.717) is 6.41 Å². The van der Waals surface area contributed by atoms with Crippen LogP contribution in [0.25, 0.3) is 0 Å². The first-order chi connectivity index (χ1) is 14.2. The molecule has 1 fully saturated rings.